The van der Waals surface area contributed by atoms with Crippen molar-refractivity contribution in [3.05, 3.63) is 81.4 Å². The van der Waals surface area contributed by atoms with Crippen LogP contribution in [-0.4, -0.2) is 0 Å². The zero-order valence-electron chi connectivity index (χ0n) is 17.4. The van der Waals surface area contributed by atoms with Gasteiger partial charge in [0.25, 0.3) is 0 Å². The highest BCUT2D eigenvalue weighted by Gasteiger charge is 2.12. The highest BCUT2D eigenvalue weighted by molar-refractivity contribution is 5.51. The summed E-state index contributed by atoms with van der Waals surface area (Å²) in [5.41, 5.74) is 8.20. The number of hydrogen-bond acceptors (Lipinski definition) is 2. The summed E-state index contributed by atoms with van der Waals surface area (Å²) in [6.45, 7) is 14.7. The van der Waals surface area contributed by atoms with Crippen LogP contribution in [0.3, 0.4) is 0 Å². The van der Waals surface area contributed by atoms with Crippen LogP contribution in [-0.2, 0) is 0 Å². The minimum absolute atomic E-state index is 0.839. The van der Waals surface area contributed by atoms with Crippen LogP contribution in [0.15, 0.2) is 42.5 Å². The second-order valence-electron chi connectivity index (χ2n) is 7.49. The summed E-state index contributed by atoms with van der Waals surface area (Å²) in [5, 5.41) is 0. The standard InChI is InChI=1S/C25H28O2/c1-15-9-8-10-16(2)24(15)26-23-13-19(5)25(20(6)14-23)27-22-11-17(3)21(7)18(4)12-22/h8-14H,1-7H3. The normalized spacial score (nSPS) is 10.8. The van der Waals surface area contributed by atoms with Crippen molar-refractivity contribution in [2.45, 2.75) is 48.5 Å². The van der Waals surface area contributed by atoms with E-state index in [9.17, 15) is 0 Å². The zero-order valence-corrected chi connectivity index (χ0v) is 17.4. The third-order valence-electron chi connectivity index (χ3n) is 5.18. The Kier molecular flexibility index (Phi) is 5.27. The van der Waals surface area contributed by atoms with Gasteiger partial charge in [0.2, 0.25) is 0 Å². The van der Waals surface area contributed by atoms with E-state index in [0.29, 0.717) is 0 Å². The molecule has 0 atom stereocenters. The molecule has 3 aromatic carbocycles. The van der Waals surface area contributed by atoms with E-state index in [-0.39, 0.29) is 0 Å². The largest absolute Gasteiger partial charge is 0.457 e. The quantitative estimate of drug-likeness (QED) is 0.481. The molecule has 0 aliphatic heterocycles. The summed E-state index contributed by atoms with van der Waals surface area (Å²) < 4.78 is 12.5. The highest BCUT2D eigenvalue weighted by Crippen LogP contribution is 2.36. The van der Waals surface area contributed by atoms with Gasteiger partial charge in [-0.1, -0.05) is 18.2 Å². The maximum absolute atomic E-state index is 6.25. The minimum Gasteiger partial charge on any atom is -0.457 e. The van der Waals surface area contributed by atoms with Crippen LogP contribution in [0.25, 0.3) is 0 Å². The smallest absolute Gasteiger partial charge is 0.133 e. The monoisotopic (exact) mass is 360 g/mol. The molecular formula is C25H28O2. The molecule has 0 N–H and O–H groups in total. The second kappa shape index (κ2) is 7.48. The van der Waals surface area contributed by atoms with Gasteiger partial charge in [-0.05, 0) is 112 Å². The lowest BCUT2D eigenvalue weighted by Crippen LogP contribution is -1.96. The molecular weight excluding hydrogens is 332 g/mol. The van der Waals surface area contributed by atoms with E-state index in [0.717, 1.165) is 45.3 Å². The zero-order chi connectivity index (χ0) is 19.7. The molecule has 140 valence electrons. The second-order valence-corrected chi connectivity index (χ2v) is 7.49. The van der Waals surface area contributed by atoms with E-state index in [2.05, 4.69) is 78.8 Å². The molecule has 0 heterocycles. The molecule has 0 unspecified atom stereocenters. The molecule has 0 aliphatic rings. The fourth-order valence-electron chi connectivity index (χ4n) is 3.38. The van der Waals surface area contributed by atoms with E-state index < -0.39 is 0 Å². The van der Waals surface area contributed by atoms with Gasteiger partial charge in [0.1, 0.15) is 23.0 Å². The molecule has 3 rings (SSSR count). The molecule has 2 nitrogen and oxygen atoms in total. The maximum Gasteiger partial charge on any atom is 0.133 e. The van der Waals surface area contributed by atoms with Gasteiger partial charge < -0.3 is 9.47 Å². The van der Waals surface area contributed by atoms with E-state index in [1.54, 1.807) is 0 Å². The fraction of sp³-hybridized carbons (Fsp3) is 0.280. The van der Waals surface area contributed by atoms with Gasteiger partial charge in [0.15, 0.2) is 0 Å². The van der Waals surface area contributed by atoms with Crippen LogP contribution in [0.4, 0.5) is 0 Å². The first-order valence-electron chi connectivity index (χ1n) is 9.37. The van der Waals surface area contributed by atoms with Crippen LogP contribution < -0.4 is 9.47 Å². The van der Waals surface area contributed by atoms with Crippen LogP contribution >= 0.6 is 0 Å². The van der Waals surface area contributed by atoms with Crippen molar-refractivity contribution in [1.29, 1.82) is 0 Å². The lowest BCUT2D eigenvalue weighted by atomic mass is 10.0. The molecule has 3 aromatic rings. The molecule has 0 spiro atoms. The summed E-state index contributed by atoms with van der Waals surface area (Å²) in [6.07, 6.45) is 0. The summed E-state index contributed by atoms with van der Waals surface area (Å²) in [6, 6.07) is 14.5. The first kappa shape index (κ1) is 19.0. The Morgan fingerprint density at radius 3 is 1.30 bits per heavy atom. The van der Waals surface area contributed by atoms with Gasteiger partial charge >= 0.3 is 0 Å². The predicted molar refractivity (Wildman–Crippen MR) is 113 cm³/mol. The Bertz CT molecular complexity index is 933. The Hall–Kier alpha value is -2.74. The molecule has 0 saturated carbocycles. The van der Waals surface area contributed by atoms with Crippen molar-refractivity contribution in [2.24, 2.45) is 0 Å². The van der Waals surface area contributed by atoms with E-state index in [1.165, 1.54) is 16.7 Å². The Balaban J connectivity index is 1.92. The number of hydrogen-bond donors (Lipinski definition) is 0. The number of aryl methyl sites for hydroxylation is 6. The van der Waals surface area contributed by atoms with Gasteiger partial charge in [-0.2, -0.15) is 0 Å². The number of benzene rings is 3. The minimum atomic E-state index is 0.839. The van der Waals surface area contributed by atoms with Crippen LogP contribution in [0.1, 0.15) is 38.9 Å². The molecule has 27 heavy (non-hydrogen) atoms. The number of rotatable bonds is 4. The van der Waals surface area contributed by atoms with E-state index >= 15 is 0 Å². The molecule has 0 bridgehead atoms. The molecule has 0 aliphatic carbocycles. The van der Waals surface area contributed by atoms with Crippen molar-refractivity contribution in [1.82, 2.24) is 0 Å². The lowest BCUT2D eigenvalue weighted by molar-refractivity contribution is 0.459. The summed E-state index contributed by atoms with van der Waals surface area (Å²) in [4.78, 5) is 0. The average molecular weight is 360 g/mol. The number of ether oxygens (including phenoxy) is 2. The van der Waals surface area contributed by atoms with E-state index in [4.69, 9.17) is 9.47 Å². The SMILES string of the molecule is Cc1cc(Oc2c(C)cc(Oc3c(C)cccc3C)cc2C)cc(C)c1C. The third-order valence-corrected chi connectivity index (χ3v) is 5.18. The van der Waals surface area contributed by atoms with Crippen molar-refractivity contribution in [3.8, 4) is 23.0 Å². The van der Waals surface area contributed by atoms with Gasteiger partial charge in [-0.15, -0.1) is 0 Å². The summed E-state index contributed by atoms with van der Waals surface area (Å²) in [5.74, 6) is 3.54. The van der Waals surface area contributed by atoms with Crippen LogP contribution in [0.5, 0.6) is 23.0 Å². The lowest BCUT2D eigenvalue weighted by Gasteiger charge is -2.17. The van der Waals surface area contributed by atoms with Gasteiger partial charge in [-0.3, -0.25) is 0 Å². The van der Waals surface area contributed by atoms with E-state index in [1.807, 2.05) is 12.1 Å². The van der Waals surface area contributed by atoms with Gasteiger partial charge in [0, 0.05) is 0 Å². The van der Waals surface area contributed by atoms with Crippen molar-refractivity contribution >= 4 is 0 Å². The topological polar surface area (TPSA) is 18.5 Å². The van der Waals surface area contributed by atoms with Crippen LogP contribution in [0.2, 0.25) is 0 Å². The summed E-state index contributed by atoms with van der Waals surface area (Å²) in [7, 11) is 0. The molecule has 2 heteroatoms. The first-order valence-corrected chi connectivity index (χ1v) is 9.37. The van der Waals surface area contributed by atoms with Crippen molar-refractivity contribution in [3.63, 3.8) is 0 Å². The summed E-state index contributed by atoms with van der Waals surface area (Å²) >= 11 is 0. The average Bonchev–Trinajstić information content (AvgIpc) is 2.59. The third kappa shape index (κ3) is 4.00. The Labute approximate surface area is 162 Å². The van der Waals surface area contributed by atoms with Gasteiger partial charge in [0.05, 0.1) is 0 Å². The molecule has 0 amide bonds. The highest BCUT2D eigenvalue weighted by atomic mass is 16.5. The van der Waals surface area contributed by atoms with Gasteiger partial charge in [-0.25, -0.2) is 0 Å². The molecule has 0 fully saturated rings. The Morgan fingerprint density at radius 2 is 0.852 bits per heavy atom. The predicted octanol–water partition coefficient (Wildman–Crippen LogP) is 7.43. The van der Waals surface area contributed by atoms with Crippen LogP contribution in [0, 0.1) is 48.5 Å². The molecule has 0 saturated heterocycles. The fourth-order valence-corrected chi connectivity index (χ4v) is 3.38. The number of para-hydroxylation sites is 1. The first-order chi connectivity index (χ1) is 12.8. The molecule has 0 radical (unpaired) electrons. The maximum atomic E-state index is 6.25. The van der Waals surface area contributed by atoms with Crippen molar-refractivity contribution in [2.75, 3.05) is 0 Å². The van der Waals surface area contributed by atoms with Crippen molar-refractivity contribution < 1.29 is 9.47 Å². The molecule has 0 aromatic heterocycles. The Morgan fingerprint density at radius 1 is 0.481 bits per heavy atom.